The molecule has 4 aromatic carbocycles. The first-order valence-corrected chi connectivity index (χ1v) is 23.5. The number of carbonyl (C=O) groups is 3. The van der Waals surface area contributed by atoms with Crippen LogP contribution < -0.4 is 37.2 Å². The van der Waals surface area contributed by atoms with E-state index in [0.717, 1.165) is 122 Å². The number of likely N-dealkylation sites (N-methyl/N-ethyl adjacent to an activating group) is 1. The number of piperidine rings is 2. The van der Waals surface area contributed by atoms with Gasteiger partial charge in [0.25, 0.3) is 0 Å². The predicted octanol–water partition coefficient (Wildman–Crippen LogP) is 8.22. The molecule has 0 saturated carbocycles. The number of hydrogen-bond acceptors (Lipinski definition) is 9. The number of aryl methyl sites for hydroxylation is 2. The highest BCUT2D eigenvalue weighted by atomic mass is 16.2. The van der Waals surface area contributed by atoms with Gasteiger partial charge >= 0.3 is 12.1 Å². The molecule has 6 aromatic rings. The minimum atomic E-state index is -0.205. The number of nitrogens with zero attached hydrogens (tertiary/aromatic N) is 4. The summed E-state index contributed by atoms with van der Waals surface area (Å²) in [5.41, 5.74) is 8.88. The van der Waals surface area contributed by atoms with E-state index >= 15 is 0 Å². The number of pyridine rings is 2. The van der Waals surface area contributed by atoms with Crippen LogP contribution in [0, 0.1) is 0 Å². The minimum absolute atomic E-state index is 0.104. The number of benzene rings is 4. The zero-order valence-electron chi connectivity index (χ0n) is 37.9. The van der Waals surface area contributed by atoms with E-state index in [1.807, 2.05) is 54.6 Å². The maximum atomic E-state index is 12.6. The number of nitrogens with one attached hydrogen (secondary N) is 7. The van der Waals surface area contributed by atoms with E-state index in [1.165, 1.54) is 22.3 Å². The van der Waals surface area contributed by atoms with Crippen LogP contribution in [0.2, 0.25) is 0 Å². The van der Waals surface area contributed by atoms with E-state index in [4.69, 9.17) is 9.97 Å². The highest BCUT2D eigenvalue weighted by Gasteiger charge is 2.25. The van der Waals surface area contributed by atoms with Gasteiger partial charge in [0.05, 0.1) is 29.7 Å². The summed E-state index contributed by atoms with van der Waals surface area (Å²) in [6, 6.07) is 37.5. The molecule has 0 bridgehead atoms. The second-order valence-corrected chi connectivity index (χ2v) is 18.1. The normalized spacial score (nSPS) is 18.3. The van der Waals surface area contributed by atoms with Gasteiger partial charge in [-0.1, -0.05) is 48.5 Å². The summed E-state index contributed by atoms with van der Waals surface area (Å²) in [6.07, 6.45) is 7.96. The summed E-state index contributed by atoms with van der Waals surface area (Å²) >= 11 is 0. The fourth-order valence-electron chi connectivity index (χ4n) is 9.58. The Balaban J connectivity index is 0.000000169. The SMILES string of the molecule is CN(C)C(=O)CN1CCC(NC(=O)Nc2ccc3nc(N[C@@H]4CCc5ccccc54)ccc3c2)CC1.O=C(Nc1ccc2nc(N[C@@H]3CCc4ccccc43)ccc2c1)NC1CCNCC1. The van der Waals surface area contributed by atoms with Crippen LogP contribution in [0.25, 0.3) is 21.8 Å². The molecule has 0 unspecified atom stereocenters. The number of anilines is 4. The first-order valence-electron chi connectivity index (χ1n) is 23.5. The zero-order valence-corrected chi connectivity index (χ0v) is 37.9. The van der Waals surface area contributed by atoms with Crippen molar-refractivity contribution in [2.24, 2.45) is 0 Å². The Labute approximate surface area is 386 Å². The van der Waals surface area contributed by atoms with Gasteiger partial charge in [0.2, 0.25) is 5.91 Å². The Morgan fingerprint density at radius 3 is 1.59 bits per heavy atom. The number of hydrogen-bond donors (Lipinski definition) is 7. The summed E-state index contributed by atoms with van der Waals surface area (Å²) < 4.78 is 0. The molecule has 342 valence electrons. The molecule has 2 fully saturated rings. The molecular formula is C52H61N11O3. The number of carbonyl (C=O) groups excluding carboxylic acids is 3. The molecule has 4 heterocycles. The second-order valence-electron chi connectivity index (χ2n) is 18.1. The fraction of sp³-hybridized carbons (Fsp3) is 0.365. The first-order chi connectivity index (χ1) is 32.2. The molecule has 66 heavy (non-hydrogen) atoms. The molecule has 7 N–H and O–H groups in total. The van der Waals surface area contributed by atoms with Crippen molar-refractivity contribution in [3.63, 3.8) is 0 Å². The van der Waals surface area contributed by atoms with Gasteiger partial charge in [0.1, 0.15) is 11.6 Å². The van der Waals surface area contributed by atoms with E-state index < -0.39 is 0 Å². The molecule has 0 radical (unpaired) electrons. The van der Waals surface area contributed by atoms with Gasteiger partial charge in [0, 0.05) is 61.4 Å². The van der Waals surface area contributed by atoms with E-state index in [9.17, 15) is 14.4 Å². The maximum absolute atomic E-state index is 12.6. The predicted molar refractivity (Wildman–Crippen MR) is 264 cm³/mol. The molecule has 14 heteroatoms. The van der Waals surface area contributed by atoms with Crippen LogP contribution in [-0.4, -0.2) is 96.6 Å². The van der Waals surface area contributed by atoms with Gasteiger partial charge < -0.3 is 42.1 Å². The van der Waals surface area contributed by atoms with E-state index in [0.29, 0.717) is 12.6 Å². The lowest BCUT2D eigenvalue weighted by Gasteiger charge is -2.32. The van der Waals surface area contributed by atoms with Gasteiger partial charge in [-0.25, -0.2) is 19.6 Å². The third-order valence-electron chi connectivity index (χ3n) is 13.3. The Bertz CT molecular complexity index is 2680. The van der Waals surface area contributed by atoms with Crippen LogP contribution in [0.1, 0.15) is 72.9 Å². The van der Waals surface area contributed by atoms with Gasteiger partial charge in [0.15, 0.2) is 0 Å². The summed E-state index contributed by atoms with van der Waals surface area (Å²) in [6.45, 7) is 3.94. The van der Waals surface area contributed by atoms with E-state index in [2.05, 4.69) is 96.7 Å². The summed E-state index contributed by atoms with van der Waals surface area (Å²) in [4.78, 5) is 50.1. The van der Waals surface area contributed by atoms with Crippen molar-refractivity contribution in [1.29, 1.82) is 0 Å². The molecule has 10 rings (SSSR count). The number of urea groups is 2. The topological polar surface area (TPSA) is 168 Å². The van der Waals surface area contributed by atoms with Gasteiger partial charge in [-0.15, -0.1) is 0 Å². The number of likely N-dealkylation sites (tertiary alicyclic amines) is 1. The Morgan fingerprint density at radius 2 is 1.09 bits per heavy atom. The molecule has 2 aliphatic heterocycles. The Kier molecular flexibility index (Phi) is 13.9. The lowest BCUT2D eigenvalue weighted by molar-refractivity contribution is -0.130. The largest absolute Gasteiger partial charge is 0.363 e. The second kappa shape index (κ2) is 20.6. The quantitative estimate of drug-likeness (QED) is 0.0718. The molecule has 5 amide bonds. The average Bonchev–Trinajstić information content (AvgIpc) is 3.93. The van der Waals surface area contributed by atoms with Gasteiger partial charge in [-0.2, -0.15) is 0 Å². The van der Waals surface area contributed by atoms with Crippen LogP contribution >= 0.6 is 0 Å². The van der Waals surface area contributed by atoms with Gasteiger partial charge in [-0.3, -0.25) is 9.69 Å². The molecule has 2 aliphatic carbocycles. The highest BCUT2D eigenvalue weighted by molar-refractivity contribution is 5.94. The summed E-state index contributed by atoms with van der Waals surface area (Å²) in [5.74, 6) is 1.85. The minimum Gasteiger partial charge on any atom is -0.363 e. The maximum Gasteiger partial charge on any atom is 0.319 e. The van der Waals surface area contributed by atoms with E-state index in [-0.39, 0.29) is 36.1 Å². The van der Waals surface area contributed by atoms with Crippen LogP contribution in [0.15, 0.2) is 109 Å². The molecule has 4 aliphatic rings. The van der Waals surface area contributed by atoms with E-state index in [1.54, 1.807) is 19.0 Å². The number of aromatic nitrogens is 2. The molecule has 14 nitrogen and oxygen atoms in total. The van der Waals surface area contributed by atoms with Crippen LogP contribution in [0.3, 0.4) is 0 Å². The standard InChI is InChI=1S/C28H34N6O2.C24H27N5O/c1-33(2)27(35)18-34-15-13-21(14-16-34)29-28(36)30-22-9-11-24-20(17-22)8-12-26(31-24)32-25-10-7-19-5-3-4-6-23(19)25;30-24(26-18-11-13-25-14-12-18)27-19-7-9-21-17(15-19)6-10-23(28-21)29-22-8-5-16-3-1-2-4-20(16)22/h3-6,8-9,11-12,17,21,25H,7,10,13-16,18H2,1-2H3,(H,31,32)(H2,29,30,36);1-4,6-7,9-10,15,18,22,25H,5,8,11-14H2,(H,28,29)(H2,26,27,30)/t25-;22-/m11/s1. The molecule has 0 spiro atoms. The van der Waals surface area contributed by atoms with Crippen molar-refractivity contribution in [3.8, 4) is 0 Å². The number of rotatable bonds is 10. The number of fused-ring (bicyclic) bond motifs is 4. The van der Waals surface area contributed by atoms with Crippen molar-refractivity contribution >= 4 is 62.8 Å². The molecule has 2 aromatic heterocycles. The lowest BCUT2D eigenvalue weighted by Crippen LogP contribution is -2.48. The van der Waals surface area contributed by atoms with Crippen LogP contribution in [0.4, 0.5) is 32.6 Å². The molecular weight excluding hydrogens is 827 g/mol. The zero-order chi connectivity index (χ0) is 45.4. The average molecular weight is 888 g/mol. The van der Waals surface area contributed by atoms with Crippen molar-refractivity contribution in [3.05, 3.63) is 131 Å². The van der Waals surface area contributed by atoms with Crippen molar-refractivity contribution in [2.75, 3.05) is 68.1 Å². The highest BCUT2D eigenvalue weighted by Crippen LogP contribution is 2.35. The van der Waals surface area contributed by atoms with Crippen molar-refractivity contribution in [2.45, 2.75) is 75.5 Å². The summed E-state index contributed by atoms with van der Waals surface area (Å²) in [7, 11) is 3.55. The fourth-order valence-corrected chi connectivity index (χ4v) is 9.58. The molecule has 2 atom stereocenters. The van der Waals surface area contributed by atoms with Crippen molar-refractivity contribution < 1.29 is 14.4 Å². The monoisotopic (exact) mass is 887 g/mol. The smallest absolute Gasteiger partial charge is 0.319 e. The molecule has 2 saturated heterocycles. The lowest BCUT2D eigenvalue weighted by atomic mass is 10.1. The summed E-state index contributed by atoms with van der Waals surface area (Å²) in [5, 5.41) is 24.5. The van der Waals surface area contributed by atoms with Crippen molar-refractivity contribution in [1.82, 2.24) is 35.7 Å². The van der Waals surface area contributed by atoms with Gasteiger partial charge in [-0.05, 0) is 147 Å². The first kappa shape index (κ1) is 44.4. The Hall–Kier alpha value is -6.77. The Morgan fingerprint density at radius 1 is 0.606 bits per heavy atom. The number of amides is 5. The van der Waals surface area contributed by atoms with Crippen LogP contribution in [0.5, 0.6) is 0 Å². The third-order valence-corrected chi connectivity index (χ3v) is 13.3. The third kappa shape index (κ3) is 11.2. The van der Waals surface area contributed by atoms with Crippen LogP contribution in [-0.2, 0) is 17.6 Å².